The van der Waals surface area contributed by atoms with Crippen molar-refractivity contribution in [1.29, 1.82) is 5.26 Å². The number of carbonyl (C=O) groups is 1. The van der Waals surface area contributed by atoms with E-state index in [1.54, 1.807) is 38.3 Å². The fraction of sp³-hybridized carbons (Fsp3) is 0.300. The van der Waals surface area contributed by atoms with Gasteiger partial charge in [0.2, 0.25) is 5.88 Å². The molecule has 0 aliphatic heterocycles. The van der Waals surface area contributed by atoms with E-state index >= 15 is 0 Å². The van der Waals surface area contributed by atoms with Crippen molar-refractivity contribution in [2.45, 2.75) is 13.5 Å². The maximum Gasteiger partial charge on any atom is 0.278 e. The van der Waals surface area contributed by atoms with Crippen LogP contribution in [0.4, 0.5) is 0 Å². The van der Waals surface area contributed by atoms with Gasteiger partial charge in [0, 0.05) is 23.9 Å². The Labute approximate surface area is 168 Å². The molecule has 0 fully saturated rings. The zero-order valence-corrected chi connectivity index (χ0v) is 16.7. The number of ether oxygens (including phenoxy) is 4. The Bertz CT molecular complexity index is 937. The van der Waals surface area contributed by atoms with Crippen LogP contribution in [-0.2, 0) is 16.1 Å². The van der Waals surface area contributed by atoms with E-state index in [4.69, 9.17) is 18.9 Å². The van der Waals surface area contributed by atoms with E-state index in [9.17, 15) is 10.1 Å². The standard InChI is InChI=1S/C20H22N4O5/c1-13-7-15(11-26-2)17(9-21)20(23-13)29-12-19(25)24-22-10-14-8-16(27-3)5-6-18(14)28-4/h5-8,10H,11-12H2,1-4H3,(H,24,25)/b22-10-. The maximum atomic E-state index is 12.0. The Kier molecular flexibility index (Phi) is 7.94. The van der Waals surface area contributed by atoms with Crippen molar-refractivity contribution in [2.75, 3.05) is 27.9 Å². The van der Waals surface area contributed by atoms with Crippen LogP contribution < -0.4 is 19.6 Å². The highest BCUT2D eigenvalue weighted by Gasteiger charge is 2.14. The third-order valence-electron chi connectivity index (χ3n) is 3.78. The molecule has 1 aromatic heterocycles. The van der Waals surface area contributed by atoms with Gasteiger partial charge in [-0.25, -0.2) is 10.4 Å². The van der Waals surface area contributed by atoms with Crippen molar-refractivity contribution in [3.8, 4) is 23.4 Å². The Balaban J connectivity index is 2.03. The number of methoxy groups -OCH3 is 3. The summed E-state index contributed by atoms with van der Waals surface area (Å²) in [5.74, 6) is 0.772. The molecule has 1 heterocycles. The lowest BCUT2D eigenvalue weighted by atomic mass is 10.1. The van der Waals surface area contributed by atoms with Crippen molar-refractivity contribution in [1.82, 2.24) is 10.4 Å². The average Bonchev–Trinajstić information content (AvgIpc) is 2.72. The monoisotopic (exact) mass is 398 g/mol. The zero-order chi connectivity index (χ0) is 21.2. The average molecular weight is 398 g/mol. The molecule has 2 aromatic rings. The number of pyridine rings is 1. The van der Waals surface area contributed by atoms with Crippen molar-refractivity contribution < 1.29 is 23.7 Å². The number of nitriles is 1. The van der Waals surface area contributed by atoms with Gasteiger partial charge in [-0.15, -0.1) is 0 Å². The summed E-state index contributed by atoms with van der Waals surface area (Å²) < 4.78 is 20.9. The molecule has 0 bridgehead atoms. The first-order chi connectivity index (χ1) is 14.0. The summed E-state index contributed by atoms with van der Waals surface area (Å²) >= 11 is 0. The molecule has 0 radical (unpaired) electrons. The van der Waals surface area contributed by atoms with E-state index in [1.807, 2.05) is 6.07 Å². The number of aryl methyl sites for hydroxylation is 1. The first-order valence-electron chi connectivity index (χ1n) is 8.58. The molecular formula is C20H22N4O5. The van der Waals surface area contributed by atoms with E-state index < -0.39 is 5.91 Å². The summed E-state index contributed by atoms with van der Waals surface area (Å²) in [7, 11) is 4.61. The summed E-state index contributed by atoms with van der Waals surface area (Å²) in [6, 6.07) is 8.97. The lowest BCUT2D eigenvalue weighted by Gasteiger charge is -2.10. The minimum Gasteiger partial charge on any atom is -0.497 e. The lowest BCUT2D eigenvalue weighted by Crippen LogP contribution is -2.25. The van der Waals surface area contributed by atoms with Gasteiger partial charge in [0.1, 0.15) is 23.1 Å². The number of carbonyl (C=O) groups excluding carboxylic acids is 1. The quantitative estimate of drug-likeness (QED) is 0.507. The molecule has 0 atom stereocenters. The molecule has 0 aliphatic rings. The largest absolute Gasteiger partial charge is 0.497 e. The number of benzene rings is 1. The third-order valence-corrected chi connectivity index (χ3v) is 3.78. The van der Waals surface area contributed by atoms with Crippen LogP contribution in [-0.4, -0.2) is 45.0 Å². The molecule has 29 heavy (non-hydrogen) atoms. The van der Waals surface area contributed by atoms with Crippen LogP contribution in [0.3, 0.4) is 0 Å². The minimum atomic E-state index is -0.511. The number of aromatic nitrogens is 1. The fourth-order valence-corrected chi connectivity index (χ4v) is 2.48. The number of nitrogens with one attached hydrogen (secondary N) is 1. The number of amides is 1. The lowest BCUT2D eigenvalue weighted by molar-refractivity contribution is -0.123. The van der Waals surface area contributed by atoms with Crippen molar-refractivity contribution in [3.05, 3.63) is 46.6 Å². The number of rotatable bonds is 9. The van der Waals surface area contributed by atoms with Gasteiger partial charge in [0.25, 0.3) is 5.91 Å². The van der Waals surface area contributed by atoms with Crippen LogP contribution in [0.15, 0.2) is 29.4 Å². The third kappa shape index (κ3) is 5.92. The second-order valence-corrected chi connectivity index (χ2v) is 5.84. The Morgan fingerprint density at radius 2 is 2.07 bits per heavy atom. The number of hydrogen-bond acceptors (Lipinski definition) is 8. The molecule has 0 saturated heterocycles. The number of hydrazone groups is 1. The van der Waals surface area contributed by atoms with Gasteiger partial charge in [-0.3, -0.25) is 4.79 Å². The van der Waals surface area contributed by atoms with Gasteiger partial charge in [-0.2, -0.15) is 10.4 Å². The first kappa shape index (κ1) is 21.7. The predicted octanol–water partition coefficient (Wildman–Crippen LogP) is 1.95. The molecule has 1 N–H and O–H groups in total. The summed E-state index contributed by atoms with van der Waals surface area (Å²) in [5, 5.41) is 13.3. The van der Waals surface area contributed by atoms with E-state index in [0.29, 0.717) is 28.3 Å². The van der Waals surface area contributed by atoms with Gasteiger partial charge in [-0.1, -0.05) is 0 Å². The number of nitrogens with zero attached hydrogens (tertiary/aromatic N) is 3. The molecule has 0 unspecified atom stereocenters. The summed E-state index contributed by atoms with van der Waals surface area (Å²) in [4.78, 5) is 16.2. The molecule has 152 valence electrons. The van der Waals surface area contributed by atoms with E-state index in [2.05, 4.69) is 15.5 Å². The second kappa shape index (κ2) is 10.6. The molecular weight excluding hydrogens is 376 g/mol. The van der Waals surface area contributed by atoms with Crippen LogP contribution in [0, 0.1) is 18.3 Å². The maximum absolute atomic E-state index is 12.0. The number of hydrogen-bond donors (Lipinski definition) is 1. The molecule has 2 rings (SSSR count). The molecule has 0 aliphatic carbocycles. The van der Waals surface area contributed by atoms with E-state index in [-0.39, 0.29) is 24.7 Å². The van der Waals surface area contributed by atoms with Crippen LogP contribution in [0.5, 0.6) is 17.4 Å². The highest BCUT2D eigenvalue weighted by Crippen LogP contribution is 2.22. The highest BCUT2D eigenvalue weighted by molar-refractivity contribution is 5.86. The fourth-order valence-electron chi connectivity index (χ4n) is 2.48. The molecule has 1 amide bonds. The van der Waals surface area contributed by atoms with Crippen molar-refractivity contribution >= 4 is 12.1 Å². The van der Waals surface area contributed by atoms with Gasteiger partial charge >= 0.3 is 0 Å². The molecule has 9 nitrogen and oxygen atoms in total. The van der Waals surface area contributed by atoms with Crippen LogP contribution in [0.25, 0.3) is 0 Å². The van der Waals surface area contributed by atoms with E-state index in [0.717, 1.165) is 0 Å². The summed E-state index contributed by atoms with van der Waals surface area (Å²) in [6.07, 6.45) is 1.43. The predicted molar refractivity (Wildman–Crippen MR) is 105 cm³/mol. The van der Waals surface area contributed by atoms with Crippen molar-refractivity contribution in [3.63, 3.8) is 0 Å². The minimum absolute atomic E-state index is 0.0770. The second-order valence-electron chi connectivity index (χ2n) is 5.84. The summed E-state index contributed by atoms with van der Waals surface area (Å²) in [5.41, 5.74) is 4.50. The van der Waals surface area contributed by atoms with Crippen LogP contribution in [0.1, 0.15) is 22.4 Å². The van der Waals surface area contributed by atoms with Gasteiger partial charge in [0.15, 0.2) is 6.61 Å². The Hall–Kier alpha value is -3.64. The highest BCUT2D eigenvalue weighted by atomic mass is 16.5. The van der Waals surface area contributed by atoms with Crippen LogP contribution in [0.2, 0.25) is 0 Å². The molecule has 0 spiro atoms. The topological polar surface area (TPSA) is 115 Å². The van der Waals surface area contributed by atoms with Crippen molar-refractivity contribution in [2.24, 2.45) is 5.10 Å². The van der Waals surface area contributed by atoms with Gasteiger partial charge in [0.05, 0.1) is 27.0 Å². The van der Waals surface area contributed by atoms with Gasteiger partial charge < -0.3 is 18.9 Å². The van der Waals surface area contributed by atoms with Crippen LogP contribution >= 0.6 is 0 Å². The zero-order valence-electron chi connectivity index (χ0n) is 16.7. The van der Waals surface area contributed by atoms with Gasteiger partial charge in [-0.05, 0) is 31.2 Å². The molecule has 1 aromatic carbocycles. The normalized spacial score (nSPS) is 10.4. The first-order valence-corrected chi connectivity index (χ1v) is 8.58. The summed E-state index contributed by atoms with van der Waals surface area (Å²) in [6.45, 7) is 1.64. The smallest absolute Gasteiger partial charge is 0.278 e. The Morgan fingerprint density at radius 3 is 2.72 bits per heavy atom. The van der Waals surface area contributed by atoms with E-state index in [1.165, 1.54) is 20.4 Å². The molecule has 0 saturated carbocycles. The SMILES string of the molecule is COCc1cc(C)nc(OCC(=O)N/N=C\c2cc(OC)ccc2OC)c1C#N. The molecule has 9 heteroatoms. The Morgan fingerprint density at radius 1 is 1.28 bits per heavy atom.